The Labute approximate surface area is 117 Å². The smallest absolute Gasteiger partial charge is 0.0964 e. The van der Waals surface area contributed by atoms with Gasteiger partial charge in [0.1, 0.15) is 0 Å². The molecule has 0 saturated carbocycles. The van der Waals surface area contributed by atoms with Gasteiger partial charge in [0.2, 0.25) is 0 Å². The van der Waals surface area contributed by atoms with Gasteiger partial charge in [-0.25, -0.2) is 0 Å². The van der Waals surface area contributed by atoms with Crippen molar-refractivity contribution in [3.8, 4) is 0 Å². The van der Waals surface area contributed by atoms with Crippen LogP contribution in [0.4, 0.5) is 0 Å². The zero-order valence-electron chi connectivity index (χ0n) is 13.3. The van der Waals surface area contributed by atoms with Crippen LogP contribution in [0.15, 0.2) is 6.20 Å². The summed E-state index contributed by atoms with van der Waals surface area (Å²) in [5, 5.41) is 11.7. The lowest BCUT2D eigenvalue weighted by Gasteiger charge is -2.34. The van der Waals surface area contributed by atoms with Gasteiger partial charge in [-0.05, 0) is 27.3 Å². The topological polar surface area (TPSA) is 46.0 Å². The van der Waals surface area contributed by atoms with Gasteiger partial charge in [0.05, 0.1) is 12.2 Å². The zero-order valence-corrected chi connectivity index (χ0v) is 13.3. The molecule has 0 unspecified atom stereocenters. The van der Waals surface area contributed by atoms with E-state index in [1.807, 2.05) is 10.9 Å². The van der Waals surface area contributed by atoms with Crippen LogP contribution in [0.2, 0.25) is 0 Å². The normalized spacial score (nSPS) is 12.6. The minimum atomic E-state index is 0.239. The van der Waals surface area contributed by atoms with E-state index in [1.165, 1.54) is 0 Å². The molecule has 1 aromatic rings. The Morgan fingerprint density at radius 1 is 1.42 bits per heavy atom. The van der Waals surface area contributed by atoms with E-state index in [0.717, 1.165) is 31.7 Å². The van der Waals surface area contributed by atoms with Crippen LogP contribution in [0.3, 0.4) is 0 Å². The maximum atomic E-state index is 4.18. The first-order valence-electron chi connectivity index (χ1n) is 7.18. The molecular formula is C14H29N5. The highest BCUT2D eigenvalue weighted by Crippen LogP contribution is 2.15. The van der Waals surface area contributed by atoms with Gasteiger partial charge >= 0.3 is 0 Å². The Morgan fingerprint density at radius 3 is 2.68 bits per heavy atom. The van der Waals surface area contributed by atoms with E-state index >= 15 is 0 Å². The maximum Gasteiger partial charge on any atom is 0.0964 e. The molecule has 0 saturated heterocycles. The average molecular weight is 267 g/mol. The van der Waals surface area contributed by atoms with Crippen LogP contribution in [-0.2, 0) is 13.1 Å². The summed E-state index contributed by atoms with van der Waals surface area (Å²) in [6.07, 6.45) is 3.17. The lowest BCUT2D eigenvalue weighted by molar-refractivity contribution is 0.144. The summed E-state index contributed by atoms with van der Waals surface area (Å²) in [5.74, 6) is 0. The first-order chi connectivity index (χ1) is 8.85. The molecule has 0 aliphatic heterocycles. The summed E-state index contributed by atoms with van der Waals surface area (Å²) < 4.78 is 1.93. The summed E-state index contributed by atoms with van der Waals surface area (Å²) in [5.41, 5.74) is 1.24. The number of nitrogens with one attached hydrogen (secondary N) is 1. The fraction of sp³-hybridized carbons (Fsp3) is 0.857. The van der Waals surface area contributed by atoms with Crippen LogP contribution in [-0.4, -0.2) is 45.1 Å². The summed E-state index contributed by atoms with van der Waals surface area (Å²) >= 11 is 0. The molecule has 1 N–H and O–H groups in total. The van der Waals surface area contributed by atoms with Crippen LogP contribution in [0.1, 0.15) is 46.7 Å². The van der Waals surface area contributed by atoms with Gasteiger partial charge < -0.3 is 5.32 Å². The van der Waals surface area contributed by atoms with Crippen molar-refractivity contribution in [2.24, 2.45) is 0 Å². The van der Waals surface area contributed by atoms with E-state index in [2.05, 4.69) is 62.2 Å². The van der Waals surface area contributed by atoms with E-state index < -0.39 is 0 Å². The lowest BCUT2D eigenvalue weighted by Crippen LogP contribution is -2.42. The second kappa shape index (κ2) is 7.01. The van der Waals surface area contributed by atoms with E-state index in [9.17, 15) is 0 Å². The Kier molecular flexibility index (Phi) is 5.94. The number of likely N-dealkylation sites (N-methyl/N-ethyl adjacent to an activating group) is 1. The van der Waals surface area contributed by atoms with Crippen LogP contribution < -0.4 is 5.32 Å². The second-order valence-corrected chi connectivity index (χ2v) is 6.10. The SMILES string of the molecule is CCC(C)(C)N(C)CCn1cc(CNC(C)C)nn1. The van der Waals surface area contributed by atoms with Crippen molar-refractivity contribution in [3.05, 3.63) is 11.9 Å². The minimum Gasteiger partial charge on any atom is -0.309 e. The zero-order chi connectivity index (χ0) is 14.5. The molecule has 110 valence electrons. The fourth-order valence-electron chi connectivity index (χ4n) is 1.66. The Hall–Kier alpha value is -0.940. The molecule has 19 heavy (non-hydrogen) atoms. The highest BCUT2D eigenvalue weighted by Gasteiger charge is 2.20. The molecule has 0 spiro atoms. The first-order valence-corrected chi connectivity index (χ1v) is 7.18. The minimum absolute atomic E-state index is 0.239. The molecule has 0 aliphatic carbocycles. The Morgan fingerprint density at radius 2 is 2.11 bits per heavy atom. The summed E-state index contributed by atoms with van der Waals surface area (Å²) in [7, 11) is 2.17. The van der Waals surface area contributed by atoms with E-state index in [-0.39, 0.29) is 5.54 Å². The monoisotopic (exact) mass is 267 g/mol. The van der Waals surface area contributed by atoms with E-state index in [4.69, 9.17) is 0 Å². The molecule has 0 aromatic carbocycles. The Bertz CT molecular complexity index is 370. The maximum absolute atomic E-state index is 4.18. The fourth-order valence-corrected chi connectivity index (χ4v) is 1.66. The predicted molar refractivity (Wildman–Crippen MR) is 79.0 cm³/mol. The summed E-state index contributed by atoms with van der Waals surface area (Å²) in [6, 6.07) is 0.474. The van der Waals surface area contributed by atoms with Crippen molar-refractivity contribution in [1.29, 1.82) is 0 Å². The molecule has 1 rings (SSSR count). The molecule has 0 radical (unpaired) electrons. The molecule has 0 amide bonds. The number of nitrogens with zero attached hydrogens (tertiary/aromatic N) is 4. The van der Waals surface area contributed by atoms with Crippen LogP contribution in [0, 0.1) is 0 Å². The van der Waals surface area contributed by atoms with Gasteiger partial charge in [0.15, 0.2) is 0 Å². The van der Waals surface area contributed by atoms with Gasteiger partial charge in [0, 0.05) is 30.9 Å². The molecule has 0 atom stereocenters. The molecule has 1 aromatic heterocycles. The molecule has 0 bridgehead atoms. The molecule has 5 nitrogen and oxygen atoms in total. The van der Waals surface area contributed by atoms with Crippen molar-refractivity contribution in [2.75, 3.05) is 13.6 Å². The van der Waals surface area contributed by atoms with Crippen LogP contribution >= 0.6 is 0 Å². The van der Waals surface area contributed by atoms with Crippen LogP contribution in [0.25, 0.3) is 0 Å². The molecule has 0 fully saturated rings. The van der Waals surface area contributed by atoms with Gasteiger partial charge in [-0.2, -0.15) is 0 Å². The number of aromatic nitrogens is 3. The third kappa shape index (κ3) is 5.28. The van der Waals surface area contributed by atoms with Crippen LogP contribution in [0.5, 0.6) is 0 Å². The Balaban J connectivity index is 2.42. The van der Waals surface area contributed by atoms with Gasteiger partial charge in [0.25, 0.3) is 0 Å². The third-order valence-corrected chi connectivity index (χ3v) is 3.84. The molecular weight excluding hydrogens is 238 g/mol. The number of rotatable bonds is 8. The second-order valence-electron chi connectivity index (χ2n) is 6.10. The summed E-state index contributed by atoms with van der Waals surface area (Å²) in [4.78, 5) is 2.38. The quantitative estimate of drug-likeness (QED) is 0.781. The van der Waals surface area contributed by atoms with Crippen molar-refractivity contribution in [1.82, 2.24) is 25.2 Å². The van der Waals surface area contributed by atoms with E-state index in [0.29, 0.717) is 6.04 Å². The number of hydrogen-bond donors (Lipinski definition) is 1. The van der Waals surface area contributed by atoms with E-state index in [1.54, 1.807) is 0 Å². The van der Waals surface area contributed by atoms with Crippen molar-refractivity contribution in [2.45, 2.75) is 65.7 Å². The number of hydrogen-bond acceptors (Lipinski definition) is 4. The first kappa shape index (κ1) is 16.1. The summed E-state index contributed by atoms with van der Waals surface area (Å²) in [6.45, 7) is 13.7. The largest absolute Gasteiger partial charge is 0.309 e. The highest BCUT2D eigenvalue weighted by molar-refractivity contribution is 4.92. The average Bonchev–Trinajstić information content (AvgIpc) is 2.81. The predicted octanol–water partition coefficient (Wildman–Crippen LogP) is 1.90. The van der Waals surface area contributed by atoms with Gasteiger partial charge in [-0.3, -0.25) is 9.58 Å². The van der Waals surface area contributed by atoms with Crippen molar-refractivity contribution in [3.63, 3.8) is 0 Å². The standard InChI is InChI=1S/C14H29N5/c1-7-14(4,5)18(6)8-9-19-11-13(16-17-19)10-15-12(2)3/h11-12,15H,7-10H2,1-6H3. The van der Waals surface area contributed by atoms with Gasteiger partial charge in [-0.15, -0.1) is 5.10 Å². The molecule has 1 heterocycles. The van der Waals surface area contributed by atoms with Gasteiger partial charge in [-0.1, -0.05) is 26.0 Å². The molecule has 5 heteroatoms. The third-order valence-electron chi connectivity index (χ3n) is 3.84. The van der Waals surface area contributed by atoms with Crippen molar-refractivity contribution < 1.29 is 0 Å². The highest BCUT2D eigenvalue weighted by atomic mass is 15.4. The van der Waals surface area contributed by atoms with Crippen molar-refractivity contribution >= 4 is 0 Å². The molecule has 0 aliphatic rings. The lowest BCUT2D eigenvalue weighted by atomic mass is 10.0.